The van der Waals surface area contributed by atoms with Gasteiger partial charge in [-0.2, -0.15) is 0 Å². The molecule has 4 nitrogen and oxygen atoms in total. The Morgan fingerprint density at radius 1 is 1.20 bits per heavy atom. The molecule has 20 heavy (non-hydrogen) atoms. The normalized spacial score (nSPS) is 11.3. The maximum atomic E-state index is 12.4. The number of amides is 1. The topological polar surface area (TPSA) is 53.7 Å². The Morgan fingerprint density at radius 3 is 2.45 bits per heavy atom. The van der Waals surface area contributed by atoms with Gasteiger partial charge in [-0.1, -0.05) is 30.3 Å². The van der Waals surface area contributed by atoms with Gasteiger partial charge in [-0.3, -0.25) is 4.79 Å². The van der Waals surface area contributed by atoms with Gasteiger partial charge in [0.15, 0.2) is 5.76 Å². The molecule has 1 amide bonds. The van der Waals surface area contributed by atoms with Crippen LogP contribution in [0.1, 0.15) is 30.0 Å². The lowest BCUT2D eigenvalue weighted by Crippen LogP contribution is -2.41. The number of rotatable bonds is 5. The van der Waals surface area contributed by atoms with Gasteiger partial charge in [-0.15, -0.1) is 0 Å². The molecule has 2 rings (SSSR count). The first kappa shape index (κ1) is 14.3. The number of nitrogens with zero attached hydrogens (tertiary/aromatic N) is 1. The third-order valence-electron chi connectivity index (χ3n) is 2.81. The van der Waals surface area contributed by atoms with E-state index >= 15 is 0 Å². The van der Waals surface area contributed by atoms with Crippen LogP contribution in [0.3, 0.4) is 0 Å². The van der Waals surface area contributed by atoms with Crippen LogP contribution < -0.4 is 0 Å². The molecule has 0 atom stereocenters. The Bertz CT molecular complexity index is 541. The summed E-state index contributed by atoms with van der Waals surface area (Å²) in [4.78, 5) is 14.0. The maximum absolute atomic E-state index is 12.4. The molecule has 1 aromatic carbocycles. The highest BCUT2D eigenvalue weighted by Gasteiger charge is 2.25. The van der Waals surface area contributed by atoms with Crippen molar-refractivity contribution in [1.29, 1.82) is 0 Å². The standard InChI is InChI=1S/C16H19NO3/c1-16(2,19)12-17(11-13-7-4-3-5-8-13)15(18)14-9-6-10-20-14/h3-10,19H,11-12H2,1-2H3. The van der Waals surface area contributed by atoms with Gasteiger partial charge in [0.05, 0.1) is 11.9 Å². The summed E-state index contributed by atoms with van der Waals surface area (Å²) in [6.07, 6.45) is 1.47. The highest BCUT2D eigenvalue weighted by molar-refractivity contribution is 5.91. The molecule has 0 bridgehead atoms. The van der Waals surface area contributed by atoms with Gasteiger partial charge in [-0.25, -0.2) is 0 Å². The Morgan fingerprint density at radius 2 is 1.90 bits per heavy atom. The Balaban J connectivity index is 2.19. The molecule has 106 valence electrons. The minimum Gasteiger partial charge on any atom is -0.459 e. The number of benzene rings is 1. The second kappa shape index (κ2) is 5.92. The molecular weight excluding hydrogens is 254 g/mol. The molecule has 0 saturated heterocycles. The van der Waals surface area contributed by atoms with Crippen molar-refractivity contribution in [2.75, 3.05) is 6.54 Å². The van der Waals surface area contributed by atoms with Gasteiger partial charge in [0, 0.05) is 13.1 Å². The van der Waals surface area contributed by atoms with Gasteiger partial charge in [0.2, 0.25) is 0 Å². The molecule has 0 saturated carbocycles. The summed E-state index contributed by atoms with van der Waals surface area (Å²) < 4.78 is 5.16. The van der Waals surface area contributed by atoms with Crippen LogP contribution in [-0.4, -0.2) is 28.1 Å². The molecule has 1 heterocycles. The van der Waals surface area contributed by atoms with E-state index in [0.717, 1.165) is 5.56 Å². The van der Waals surface area contributed by atoms with Crippen LogP contribution >= 0.6 is 0 Å². The summed E-state index contributed by atoms with van der Waals surface area (Å²) in [5.74, 6) is 0.0613. The quantitative estimate of drug-likeness (QED) is 0.911. The minimum atomic E-state index is -0.961. The van der Waals surface area contributed by atoms with Gasteiger partial charge < -0.3 is 14.4 Å². The second-order valence-electron chi connectivity index (χ2n) is 5.44. The van der Waals surface area contributed by atoms with E-state index in [-0.39, 0.29) is 18.2 Å². The molecular formula is C16H19NO3. The number of aliphatic hydroxyl groups is 1. The van der Waals surface area contributed by atoms with Gasteiger partial charge >= 0.3 is 0 Å². The van der Waals surface area contributed by atoms with Crippen LogP contribution in [0.15, 0.2) is 53.1 Å². The predicted molar refractivity (Wildman–Crippen MR) is 76.2 cm³/mol. The van der Waals surface area contributed by atoms with Crippen molar-refractivity contribution in [3.8, 4) is 0 Å². The molecule has 0 aliphatic rings. The van der Waals surface area contributed by atoms with Crippen molar-refractivity contribution in [1.82, 2.24) is 4.90 Å². The molecule has 1 aromatic heterocycles. The monoisotopic (exact) mass is 273 g/mol. The molecule has 2 aromatic rings. The smallest absolute Gasteiger partial charge is 0.289 e. The first-order valence-corrected chi connectivity index (χ1v) is 6.55. The van der Waals surface area contributed by atoms with Crippen LogP contribution in [0.25, 0.3) is 0 Å². The van der Waals surface area contributed by atoms with Crippen LogP contribution in [0.5, 0.6) is 0 Å². The molecule has 0 aliphatic carbocycles. The fourth-order valence-electron chi connectivity index (χ4n) is 2.03. The maximum Gasteiger partial charge on any atom is 0.289 e. The predicted octanol–water partition coefficient (Wildman–Crippen LogP) is 2.69. The first-order chi connectivity index (χ1) is 9.46. The van der Waals surface area contributed by atoms with Crippen molar-refractivity contribution in [3.05, 3.63) is 60.1 Å². The van der Waals surface area contributed by atoms with E-state index in [2.05, 4.69) is 0 Å². The summed E-state index contributed by atoms with van der Waals surface area (Å²) in [6.45, 7) is 4.03. The molecule has 0 spiro atoms. The van der Waals surface area contributed by atoms with Gasteiger partial charge in [-0.05, 0) is 31.5 Å². The van der Waals surface area contributed by atoms with Crippen molar-refractivity contribution in [3.63, 3.8) is 0 Å². The van der Waals surface area contributed by atoms with Crippen LogP contribution in [0.4, 0.5) is 0 Å². The SMILES string of the molecule is CC(C)(O)CN(Cc1ccccc1)C(=O)c1ccco1. The highest BCUT2D eigenvalue weighted by Crippen LogP contribution is 2.14. The largest absolute Gasteiger partial charge is 0.459 e. The number of hydrogen-bond donors (Lipinski definition) is 1. The van der Waals surface area contributed by atoms with E-state index in [1.165, 1.54) is 6.26 Å². The number of hydrogen-bond acceptors (Lipinski definition) is 3. The van der Waals surface area contributed by atoms with E-state index in [0.29, 0.717) is 6.54 Å². The minimum absolute atomic E-state index is 0.221. The summed E-state index contributed by atoms with van der Waals surface area (Å²) in [7, 11) is 0. The van der Waals surface area contributed by atoms with Crippen molar-refractivity contribution < 1.29 is 14.3 Å². The molecule has 0 fully saturated rings. The number of furan rings is 1. The lowest BCUT2D eigenvalue weighted by molar-refractivity contribution is 0.0264. The zero-order valence-corrected chi connectivity index (χ0v) is 11.7. The average Bonchev–Trinajstić information content (AvgIpc) is 2.90. The Kier molecular flexibility index (Phi) is 4.25. The Hall–Kier alpha value is -2.07. The molecule has 4 heteroatoms. The fourth-order valence-corrected chi connectivity index (χ4v) is 2.03. The van der Waals surface area contributed by atoms with Crippen LogP contribution in [0, 0.1) is 0 Å². The van der Waals surface area contributed by atoms with Crippen LogP contribution in [0.2, 0.25) is 0 Å². The third kappa shape index (κ3) is 3.96. The lowest BCUT2D eigenvalue weighted by Gasteiger charge is -2.28. The van der Waals surface area contributed by atoms with E-state index in [9.17, 15) is 9.90 Å². The highest BCUT2D eigenvalue weighted by atomic mass is 16.3. The van der Waals surface area contributed by atoms with Crippen molar-refractivity contribution in [2.45, 2.75) is 26.0 Å². The summed E-state index contributed by atoms with van der Waals surface area (Å²) >= 11 is 0. The summed E-state index contributed by atoms with van der Waals surface area (Å²) in [5, 5.41) is 9.99. The van der Waals surface area contributed by atoms with Crippen LogP contribution in [-0.2, 0) is 6.54 Å². The fraction of sp³-hybridized carbons (Fsp3) is 0.312. The zero-order valence-electron chi connectivity index (χ0n) is 11.7. The number of carbonyl (C=O) groups is 1. The Labute approximate surface area is 118 Å². The van der Waals surface area contributed by atoms with Crippen molar-refractivity contribution >= 4 is 5.91 Å². The zero-order chi connectivity index (χ0) is 14.6. The van der Waals surface area contributed by atoms with E-state index in [4.69, 9.17) is 4.42 Å². The molecule has 0 radical (unpaired) electrons. The first-order valence-electron chi connectivity index (χ1n) is 6.55. The second-order valence-corrected chi connectivity index (χ2v) is 5.44. The molecule has 1 N–H and O–H groups in total. The molecule has 0 unspecified atom stereocenters. The van der Waals surface area contributed by atoms with Gasteiger partial charge in [0.25, 0.3) is 5.91 Å². The average molecular weight is 273 g/mol. The van der Waals surface area contributed by atoms with Gasteiger partial charge in [0.1, 0.15) is 0 Å². The third-order valence-corrected chi connectivity index (χ3v) is 2.81. The summed E-state index contributed by atoms with van der Waals surface area (Å²) in [6, 6.07) is 13.0. The van der Waals surface area contributed by atoms with Crippen molar-refractivity contribution in [2.24, 2.45) is 0 Å². The molecule has 0 aliphatic heterocycles. The van der Waals surface area contributed by atoms with E-state index in [1.807, 2.05) is 30.3 Å². The summed E-state index contributed by atoms with van der Waals surface area (Å²) in [5.41, 5.74) is 0.0495. The lowest BCUT2D eigenvalue weighted by atomic mass is 10.1. The number of carbonyl (C=O) groups excluding carboxylic acids is 1. The van der Waals surface area contributed by atoms with E-state index in [1.54, 1.807) is 30.9 Å². The van der Waals surface area contributed by atoms with E-state index < -0.39 is 5.60 Å².